The molecule has 1 heterocycles. The highest BCUT2D eigenvalue weighted by Gasteiger charge is 2.20. The number of rotatable bonds is 9. The number of hydrogen-bond donors (Lipinski definition) is 0. The zero-order valence-corrected chi connectivity index (χ0v) is 33.9. The number of anilines is 3. The van der Waals surface area contributed by atoms with Gasteiger partial charge in [-0.3, -0.25) is 0 Å². The summed E-state index contributed by atoms with van der Waals surface area (Å²) in [6.07, 6.45) is 0. The van der Waals surface area contributed by atoms with Gasteiger partial charge < -0.3 is 4.90 Å². The number of nitrogens with zero attached hydrogens (tertiary/aromatic N) is 4. The molecule has 0 spiro atoms. The number of para-hydroxylation sites is 2. The van der Waals surface area contributed by atoms with Gasteiger partial charge in [0, 0.05) is 28.2 Å². The monoisotopic (exact) mass is 792 g/mol. The molecule has 0 fully saturated rings. The second-order valence-electron chi connectivity index (χ2n) is 15.4. The molecule has 62 heavy (non-hydrogen) atoms. The van der Waals surface area contributed by atoms with Gasteiger partial charge in [0.25, 0.3) is 0 Å². The molecule has 0 amide bonds. The average molecular weight is 793 g/mol. The van der Waals surface area contributed by atoms with E-state index in [2.05, 4.69) is 248 Å². The van der Waals surface area contributed by atoms with Crippen molar-refractivity contribution < 1.29 is 0 Å². The van der Waals surface area contributed by atoms with Crippen LogP contribution in [0.15, 0.2) is 243 Å². The lowest BCUT2D eigenvalue weighted by Gasteiger charge is -2.25. The van der Waals surface area contributed by atoms with Crippen LogP contribution in [0.25, 0.3) is 83.4 Å². The Labute approximate surface area is 361 Å². The summed E-state index contributed by atoms with van der Waals surface area (Å²) in [6.45, 7) is 0. The van der Waals surface area contributed by atoms with Crippen molar-refractivity contribution in [1.82, 2.24) is 14.8 Å². The third-order valence-corrected chi connectivity index (χ3v) is 11.7. The van der Waals surface area contributed by atoms with E-state index in [1.54, 1.807) is 0 Å². The SMILES string of the molecule is c1ccc(N(c2ccccc2)c2ccc(-c3ccccc3-c3ccccc3-c3ccc(-n4nc(-c5cccc6ccccc56)nc4-c4cccc5ccccc45)cc3)cc2)cc1. The van der Waals surface area contributed by atoms with Crippen molar-refractivity contribution in [3.8, 4) is 61.8 Å². The van der Waals surface area contributed by atoms with Crippen LogP contribution in [0.3, 0.4) is 0 Å². The van der Waals surface area contributed by atoms with Crippen LogP contribution >= 0.6 is 0 Å². The molecule has 11 aromatic rings. The summed E-state index contributed by atoms with van der Waals surface area (Å²) in [6, 6.07) is 85.8. The van der Waals surface area contributed by atoms with Gasteiger partial charge in [-0.2, -0.15) is 0 Å². The van der Waals surface area contributed by atoms with Gasteiger partial charge in [0.2, 0.25) is 0 Å². The Morgan fingerprint density at radius 3 is 1.27 bits per heavy atom. The maximum atomic E-state index is 5.30. The van der Waals surface area contributed by atoms with Crippen LogP contribution in [0, 0.1) is 0 Å². The topological polar surface area (TPSA) is 34.0 Å². The van der Waals surface area contributed by atoms with Crippen LogP contribution in [0.4, 0.5) is 17.1 Å². The fourth-order valence-corrected chi connectivity index (χ4v) is 8.73. The molecule has 11 rings (SSSR count). The standard InChI is InChI=1S/C58H40N4/c1-3-21-45(22-4-1)61(46-23-5-2-6-24-46)47-37-33-43(34-38-47)49-25-11-13-29-53(49)54-30-14-12-26-50(54)44-35-39-48(40-36-44)62-58(56-32-16-20-42-18-8-10-28-52(42)56)59-57(60-62)55-31-15-19-41-17-7-9-27-51(41)55/h1-40H. The molecule has 0 unspecified atom stereocenters. The van der Waals surface area contributed by atoms with Crippen molar-refractivity contribution >= 4 is 38.6 Å². The summed E-state index contributed by atoms with van der Waals surface area (Å²) in [4.78, 5) is 7.59. The van der Waals surface area contributed by atoms with Crippen LogP contribution in [-0.4, -0.2) is 14.8 Å². The van der Waals surface area contributed by atoms with Crippen LogP contribution < -0.4 is 4.90 Å². The average Bonchev–Trinajstić information content (AvgIpc) is 3.80. The van der Waals surface area contributed by atoms with E-state index in [4.69, 9.17) is 10.1 Å². The third-order valence-electron chi connectivity index (χ3n) is 11.7. The molecular formula is C58H40N4. The fraction of sp³-hybridized carbons (Fsp3) is 0. The molecule has 0 atom stereocenters. The second kappa shape index (κ2) is 16.0. The lowest BCUT2D eigenvalue weighted by molar-refractivity contribution is 0.892. The molecule has 0 radical (unpaired) electrons. The molecule has 292 valence electrons. The van der Waals surface area contributed by atoms with Gasteiger partial charge in [0.1, 0.15) is 0 Å². The Kier molecular flexibility index (Phi) is 9.49. The highest BCUT2D eigenvalue weighted by atomic mass is 15.4. The third kappa shape index (κ3) is 6.80. The van der Waals surface area contributed by atoms with E-state index in [0.29, 0.717) is 5.82 Å². The van der Waals surface area contributed by atoms with Crippen molar-refractivity contribution in [2.24, 2.45) is 0 Å². The number of hydrogen-bond acceptors (Lipinski definition) is 3. The minimum absolute atomic E-state index is 0.691. The highest BCUT2D eigenvalue weighted by Crippen LogP contribution is 2.41. The molecule has 0 saturated heterocycles. The van der Waals surface area contributed by atoms with E-state index >= 15 is 0 Å². The normalized spacial score (nSPS) is 11.2. The van der Waals surface area contributed by atoms with Crippen molar-refractivity contribution in [1.29, 1.82) is 0 Å². The van der Waals surface area contributed by atoms with Crippen molar-refractivity contribution in [3.63, 3.8) is 0 Å². The predicted octanol–water partition coefficient (Wildman–Crippen LogP) is 15.4. The number of aromatic nitrogens is 3. The minimum atomic E-state index is 0.691. The van der Waals surface area contributed by atoms with E-state index in [0.717, 1.165) is 77.9 Å². The zero-order valence-electron chi connectivity index (χ0n) is 33.9. The summed E-state index contributed by atoms with van der Waals surface area (Å²) in [7, 11) is 0. The molecule has 4 heteroatoms. The molecule has 4 nitrogen and oxygen atoms in total. The first-order valence-corrected chi connectivity index (χ1v) is 21.0. The Hall–Kier alpha value is -8.34. The van der Waals surface area contributed by atoms with Gasteiger partial charge in [-0.1, -0.05) is 194 Å². The second-order valence-corrected chi connectivity index (χ2v) is 15.4. The van der Waals surface area contributed by atoms with Gasteiger partial charge in [-0.15, -0.1) is 5.10 Å². The van der Waals surface area contributed by atoms with E-state index in [1.807, 2.05) is 4.68 Å². The Morgan fingerprint density at radius 2 is 0.710 bits per heavy atom. The first kappa shape index (κ1) is 36.7. The lowest BCUT2D eigenvalue weighted by Crippen LogP contribution is -2.09. The predicted molar refractivity (Wildman–Crippen MR) is 258 cm³/mol. The van der Waals surface area contributed by atoms with Crippen LogP contribution in [0.1, 0.15) is 0 Å². The summed E-state index contributed by atoms with van der Waals surface area (Å²) in [5.41, 5.74) is 13.3. The molecule has 0 aliphatic rings. The Bertz CT molecular complexity index is 3280. The molecule has 10 aromatic carbocycles. The molecule has 0 aliphatic carbocycles. The number of fused-ring (bicyclic) bond motifs is 2. The molecular weight excluding hydrogens is 753 g/mol. The maximum Gasteiger partial charge on any atom is 0.182 e. The summed E-state index contributed by atoms with van der Waals surface area (Å²) in [5, 5.41) is 9.83. The van der Waals surface area contributed by atoms with Crippen molar-refractivity contribution in [2.75, 3.05) is 4.90 Å². The van der Waals surface area contributed by atoms with Gasteiger partial charge in [-0.25, -0.2) is 9.67 Å². The molecule has 0 N–H and O–H groups in total. The zero-order chi connectivity index (χ0) is 41.2. The van der Waals surface area contributed by atoms with Gasteiger partial charge in [0.05, 0.1) is 5.69 Å². The summed E-state index contributed by atoms with van der Waals surface area (Å²) in [5.74, 6) is 1.49. The van der Waals surface area contributed by atoms with Gasteiger partial charge in [0.15, 0.2) is 11.6 Å². The van der Waals surface area contributed by atoms with Crippen LogP contribution in [0.2, 0.25) is 0 Å². The summed E-state index contributed by atoms with van der Waals surface area (Å²) >= 11 is 0. The van der Waals surface area contributed by atoms with E-state index in [1.165, 1.54) is 16.7 Å². The van der Waals surface area contributed by atoms with Crippen molar-refractivity contribution in [3.05, 3.63) is 243 Å². The first-order chi connectivity index (χ1) is 30.8. The number of benzene rings is 10. The smallest absolute Gasteiger partial charge is 0.182 e. The van der Waals surface area contributed by atoms with Gasteiger partial charge in [-0.05, 0) is 103 Å². The Balaban J connectivity index is 0.972. The highest BCUT2D eigenvalue weighted by molar-refractivity contribution is 5.98. The van der Waals surface area contributed by atoms with Gasteiger partial charge >= 0.3 is 0 Å². The quantitative estimate of drug-likeness (QED) is 0.146. The Morgan fingerprint density at radius 1 is 0.306 bits per heavy atom. The minimum Gasteiger partial charge on any atom is -0.311 e. The molecule has 1 aromatic heterocycles. The maximum absolute atomic E-state index is 5.30. The lowest BCUT2D eigenvalue weighted by atomic mass is 9.89. The summed E-state index contributed by atoms with van der Waals surface area (Å²) < 4.78 is 2.00. The molecule has 0 bridgehead atoms. The molecule has 0 aliphatic heterocycles. The van der Waals surface area contributed by atoms with Crippen molar-refractivity contribution in [2.45, 2.75) is 0 Å². The van der Waals surface area contributed by atoms with E-state index < -0.39 is 0 Å². The largest absolute Gasteiger partial charge is 0.311 e. The molecule has 0 saturated carbocycles. The van der Waals surface area contributed by atoms with E-state index in [-0.39, 0.29) is 0 Å². The van der Waals surface area contributed by atoms with E-state index in [9.17, 15) is 0 Å². The van der Waals surface area contributed by atoms with Crippen LogP contribution in [-0.2, 0) is 0 Å². The van der Waals surface area contributed by atoms with Crippen LogP contribution in [0.5, 0.6) is 0 Å². The fourth-order valence-electron chi connectivity index (χ4n) is 8.73. The first-order valence-electron chi connectivity index (χ1n) is 21.0.